The van der Waals surface area contributed by atoms with Crippen molar-refractivity contribution in [2.75, 3.05) is 6.61 Å². The molecule has 1 aliphatic rings. The highest BCUT2D eigenvalue weighted by Crippen LogP contribution is 2.30. The molecule has 1 fully saturated rings. The van der Waals surface area contributed by atoms with Gasteiger partial charge in [-0.05, 0) is 25.7 Å². The lowest BCUT2D eigenvalue weighted by atomic mass is 10.1. The largest absolute Gasteiger partial charge is 0.353 e. The number of hydrogen-bond acceptors (Lipinski definition) is 3. The van der Waals surface area contributed by atoms with Gasteiger partial charge in [0.15, 0.2) is 17.9 Å². The summed E-state index contributed by atoms with van der Waals surface area (Å²) < 4.78 is 38.1. The molecule has 0 spiro atoms. The van der Waals surface area contributed by atoms with E-state index >= 15 is 0 Å². The molecule has 6 heteroatoms. The second kappa shape index (κ2) is 6.59. The van der Waals surface area contributed by atoms with Crippen LogP contribution in [0.1, 0.15) is 44.4 Å². The van der Waals surface area contributed by atoms with E-state index in [2.05, 4.69) is 4.98 Å². The Morgan fingerprint density at radius 2 is 2.32 bits per heavy atom. The van der Waals surface area contributed by atoms with Gasteiger partial charge in [-0.1, -0.05) is 18.5 Å². The van der Waals surface area contributed by atoms with Crippen LogP contribution in [-0.2, 0) is 9.47 Å². The molecule has 0 N–H and O–H groups in total. The van der Waals surface area contributed by atoms with Crippen molar-refractivity contribution in [3.63, 3.8) is 0 Å². The van der Waals surface area contributed by atoms with Crippen molar-refractivity contribution >= 4 is 11.6 Å². The maximum absolute atomic E-state index is 13.9. The van der Waals surface area contributed by atoms with Crippen LogP contribution in [-0.4, -0.2) is 17.9 Å². The number of aromatic nitrogens is 1. The quantitative estimate of drug-likeness (QED) is 0.840. The van der Waals surface area contributed by atoms with Gasteiger partial charge in [0.05, 0.1) is 6.20 Å². The average Bonchev–Trinajstić information content (AvgIpc) is 2.44. The van der Waals surface area contributed by atoms with Gasteiger partial charge in [-0.3, -0.25) is 4.98 Å². The van der Waals surface area contributed by atoms with E-state index < -0.39 is 22.8 Å². The molecule has 0 radical (unpaired) electrons. The van der Waals surface area contributed by atoms with Gasteiger partial charge in [0.2, 0.25) is 0 Å². The van der Waals surface area contributed by atoms with Crippen molar-refractivity contribution in [1.82, 2.24) is 4.98 Å². The van der Waals surface area contributed by atoms with Crippen LogP contribution in [0.2, 0.25) is 5.02 Å². The molecule has 19 heavy (non-hydrogen) atoms. The molecule has 0 saturated carbocycles. The molecule has 1 aromatic rings. The molecule has 1 aromatic heterocycles. The minimum absolute atomic E-state index is 0.0306. The van der Waals surface area contributed by atoms with E-state index in [0.29, 0.717) is 13.0 Å². The summed E-state index contributed by atoms with van der Waals surface area (Å²) in [6, 6.07) is 0. The number of halogens is 3. The van der Waals surface area contributed by atoms with Crippen molar-refractivity contribution in [3.05, 3.63) is 28.5 Å². The zero-order valence-electron chi connectivity index (χ0n) is 10.7. The van der Waals surface area contributed by atoms with E-state index in [1.165, 1.54) is 0 Å². The molecule has 2 heterocycles. The van der Waals surface area contributed by atoms with Crippen LogP contribution in [0.3, 0.4) is 0 Å². The van der Waals surface area contributed by atoms with Gasteiger partial charge >= 0.3 is 0 Å². The van der Waals surface area contributed by atoms with Crippen LogP contribution in [0.15, 0.2) is 6.20 Å². The number of hydrogen-bond donors (Lipinski definition) is 0. The molecule has 0 bridgehead atoms. The van der Waals surface area contributed by atoms with Gasteiger partial charge in [0, 0.05) is 6.61 Å². The average molecular weight is 292 g/mol. The zero-order valence-corrected chi connectivity index (χ0v) is 11.4. The fourth-order valence-electron chi connectivity index (χ4n) is 2.04. The van der Waals surface area contributed by atoms with Crippen molar-refractivity contribution in [2.24, 2.45) is 0 Å². The first kappa shape index (κ1) is 14.6. The number of rotatable bonds is 4. The van der Waals surface area contributed by atoms with Gasteiger partial charge in [0.1, 0.15) is 16.8 Å². The highest BCUT2D eigenvalue weighted by Gasteiger charge is 2.25. The highest BCUT2D eigenvalue weighted by atomic mass is 35.5. The van der Waals surface area contributed by atoms with Crippen molar-refractivity contribution < 1.29 is 18.3 Å². The van der Waals surface area contributed by atoms with E-state index in [9.17, 15) is 8.78 Å². The Kier molecular flexibility index (Phi) is 5.07. The Hall–Kier alpha value is -0.780. The predicted octanol–water partition coefficient (Wildman–Crippen LogP) is 4.01. The molecule has 3 nitrogen and oxygen atoms in total. The summed E-state index contributed by atoms with van der Waals surface area (Å²) in [5.41, 5.74) is 0.0306. The number of ether oxygens (including phenoxy) is 2. The summed E-state index contributed by atoms with van der Waals surface area (Å²) in [6.07, 6.45) is 3.27. The maximum Gasteiger partial charge on any atom is 0.168 e. The summed E-state index contributed by atoms with van der Waals surface area (Å²) in [5.74, 6) is -1.73. The van der Waals surface area contributed by atoms with Crippen LogP contribution >= 0.6 is 11.6 Å². The fraction of sp³-hybridized carbons (Fsp3) is 0.615. The second-order valence-electron chi connectivity index (χ2n) is 4.45. The Labute approximate surface area is 115 Å². The van der Waals surface area contributed by atoms with Crippen molar-refractivity contribution in [1.29, 1.82) is 0 Å². The summed E-state index contributed by atoms with van der Waals surface area (Å²) in [5, 5.41) is -0.545. The summed E-state index contributed by atoms with van der Waals surface area (Å²) in [6.45, 7) is 2.48. The molecule has 1 saturated heterocycles. The SMILES string of the molecule is CCC(OC1CCCCO1)c1ncc(F)c(Cl)c1F. The first-order valence-corrected chi connectivity index (χ1v) is 6.77. The minimum Gasteiger partial charge on any atom is -0.353 e. The number of nitrogens with zero attached hydrogens (tertiary/aromatic N) is 1. The lowest BCUT2D eigenvalue weighted by Gasteiger charge is -2.27. The lowest BCUT2D eigenvalue weighted by molar-refractivity contribution is -0.191. The van der Waals surface area contributed by atoms with E-state index in [4.69, 9.17) is 21.1 Å². The summed E-state index contributed by atoms with van der Waals surface area (Å²) in [4.78, 5) is 3.76. The third-order valence-corrected chi connectivity index (χ3v) is 3.42. The molecular weight excluding hydrogens is 276 g/mol. The molecule has 0 amide bonds. The topological polar surface area (TPSA) is 31.4 Å². The van der Waals surface area contributed by atoms with E-state index in [0.717, 1.165) is 25.5 Å². The molecule has 2 rings (SSSR count). The predicted molar refractivity (Wildman–Crippen MR) is 66.9 cm³/mol. The highest BCUT2D eigenvalue weighted by molar-refractivity contribution is 6.30. The molecule has 1 aliphatic heterocycles. The third kappa shape index (κ3) is 3.41. The molecule has 106 valence electrons. The Morgan fingerprint density at radius 3 is 2.95 bits per heavy atom. The molecule has 2 atom stereocenters. The molecule has 0 aliphatic carbocycles. The standard InChI is InChI=1S/C13H16ClF2NO2/c1-2-9(19-10-5-3-4-6-18-10)13-12(16)11(14)8(15)7-17-13/h7,9-10H,2-6H2,1H3. The zero-order chi connectivity index (χ0) is 13.8. The number of pyridine rings is 1. The second-order valence-corrected chi connectivity index (χ2v) is 4.83. The molecule has 0 aromatic carbocycles. The normalized spacial score (nSPS) is 21.4. The van der Waals surface area contributed by atoms with Gasteiger partial charge in [0.25, 0.3) is 0 Å². The Balaban J connectivity index is 2.14. The fourth-order valence-corrected chi connectivity index (χ4v) is 2.18. The Bertz CT molecular complexity index is 439. The van der Waals surface area contributed by atoms with Gasteiger partial charge in [-0.15, -0.1) is 0 Å². The summed E-state index contributed by atoms with van der Waals surface area (Å²) >= 11 is 5.55. The van der Waals surface area contributed by atoms with Crippen LogP contribution in [0.5, 0.6) is 0 Å². The molecular formula is C13H16ClF2NO2. The van der Waals surface area contributed by atoms with Crippen LogP contribution in [0, 0.1) is 11.6 Å². The first-order chi connectivity index (χ1) is 9.13. The van der Waals surface area contributed by atoms with Crippen LogP contribution in [0.25, 0.3) is 0 Å². The third-order valence-electron chi connectivity index (χ3n) is 3.07. The lowest BCUT2D eigenvalue weighted by Crippen LogP contribution is -2.25. The first-order valence-electron chi connectivity index (χ1n) is 6.40. The van der Waals surface area contributed by atoms with Crippen LogP contribution in [0.4, 0.5) is 8.78 Å². The van der Waals surface area contributed by atoms with Crippen LogP contribution < -0.4 is 0 Å². The smallest absolute Gasteiger partial charge is 0.168 e. The maximum atomic E-state index is 13.9. The van der Waals surface area contributed by atoms with Crippen molar-refractivity contribution in [3.8, 4) is 0 Å². The van der Waals surface area contributed by atoms with E-state index in [1.54, 1.807) is 0 Å². The Morgan fingerprint density at radius 1 is 1.53 bits per heavy atom. The van der Waals surface area contributed by atoms with Gasteiger partial charge < -0.3 is 9.47 Å². The monoisotopic (exact) mass is 291 g/mol. The van der Waals surface area contributed by atoms with Gasteiger partial charge in [-0.2, -0.15) is 0 Å². The minimum atomic E-state index is -0.869. The van der Waals surface area contributed by atoms with Gasteiger partial charge in [-0.25, -0.2) is 8.78 Å². The van der Waals surface area contributed by atoms with E-state index in [1.807, 2.05) is 6.92 Å². The van der Waals surface area contributed by atoms with Crippen molar-refractivity contribution in [2.45, 2.75) is 45.0 Å². The molecule has 2 unspecified atom stereocenters. The summed E-state index contributed by atoms with van der Waals surface area (Å²) in [7, 11) is 0. The van der Waals surface area contributed by atoms with E-state index in [-0.39, 0.29) is 12.0 Å².